The third-order valence-corrected chi connectivity index (χ3v) is 0.940. The first-order valence-electron chi connectivity index (χ1n) is 3.94. The molecule has 0 atom stereocenters. The summed E-state index contributed by atoms with van der Waals surface area (Å²) in [5.74, 6) is 0. The maximum Gasteiger partial charge on any atom is 0.425 e. The average Bonchev–Trinajstić information content (AvgIpc) is 2.00. The zero-order valence-corrected chi connectivity index (χ0v) is 10.5. The molecule has 0 unspecified atom stereocenters. The minimum atomic E-state index is -3.64. The van der Waals surface area contributed by atoms with Gasteiger partial charge in [-0.05, 0) is 6.92 Å². The molecule has 0 saturated heterocycles. The van der Waals surface area contributed by atoms with Crippen LogP contribution in [0.15, 0.2) is 30.3 Å². The minimum absolute atomic E-state index is 0.854. The van der Waals surface area contributed by atoms with Crippen molar-refractivity contribution in [1.29, 1.82) is 0 Å². The summed E-state index contributed by atoms with van der Waals surface area (Å²) < 4.78 is 34.7. The summed E-state index contributed by atoms with van der Waals surface area (Å²) in [5, 5.41) is 0. The normalized spacial score (nSPS) is 9.00. The van der Waals surface area contributed by atoms with E-state index in [9.17, 15) is 4.57 Å². The quantitative estimate of drug-likeness (QED) is 0.673. The zero-order chi connectivity index (χ0) is 13.2. The Morgan fingerprint density at radius 2 is 1.31 bits per heavy atom. The smallest absolute Gasteiger partial charge is 0.325 e. The van der Waals surface area contributed by atoms with E-state index < -0.39 is 18.2 Å². The molecule has 92 valence electrons. The molecule has 1 aromatic carbocycles. The number of rotatable bonds is 0. The van der Waals surface area contributed by atoms with E-state index in [0.29, 0.717) is 0 Å². The molecule has 16 heavy (non-hydrogen) atoms. The van der Waals surface area contributed by atoms with Gasteiger partial charge >= 0.3 is 18.2 Å². The van der Waals surface area contributed by atoms with Crippen LogP contribution in [0.3, 0.4) is 0 Å². The van der Waals surface area contributed by atoms with E-state index in [2.05, 4.69) is 19.1 Å². The van der Waals surface area contributed by atoms with Crippen molar-refractivity contribution >= 4 is 18.2 Å². The molecule has 0 fully saturated rings. The van der Waals surface area contributed by atoms with Crippen LogP contribution >= 0.6 is 7.60 Å². The van der Waals surface area contributed by atoms with Gasteiger partial charge in [0.15, 0.2) is 0 Å². The molecule has 0 amide bonds. The molecule has 1 aromatic rings. The summed E-state index contributed by atoms with van der Waals surface area (Å²) in [4.78, 5) is 15.3. The van der Waals surface area contributed by atoms with E-state index in [1.165, 1.54) is 5.56 Å². The second-order valence-corrected chi connectivity index (χ2v) is 4.77. The van der Waals surface area contributed by atoms with E-state index in [1.54, 1.807) is 0 Å². The third kappa shape index (κ3) is 38.2. The monoisotopic (exact) mass is 268 g/mol. The Kier molecular flexibility index (Phi) is 10.0. The van der Waals surface area contributed by atoms with Crippen molar-refractivity contribution in [2.24, 2.45) is 0 Å². The van der Waals surface area contributed by atoms with Gasteiger partial charge in [0, 0.05) is 6.66 Å². The molecule has 6 nitrogen and oxygen atoms in total. The summed E-state index contributed by atoms with van der Waals surface area (Å²) in [6, 6.07) is 10.3. The number of benzene rings is 1. The van der Waals surface area contributed by atoms with Gasteiger partial charge < -0.3 is 9.79 Å². The molecule has 0 aliphatic rings. The van der Waals surface area contributed by atoms with Gasteiger partial charge in [0.25, 0.3) is 0 Å². The molecule has 0 aliphatic carbocycles. The molecule has 1 rings (SSSR count). The van der Waals surface area contributed by atoms with E-state index in [-0.39, 0.29) is 0 Å². The molecule has 0 saturated carbocycles. The van der Waals surface area contributed by atoms with Crippen molar-refractivity contribution in [1.82, 2.24) is 0 Å². The lowest BCUT2D eigenvalue weighted by molar-refractivity contribution is 0.381. The van der Waals surface area contributed by atoms with Crippen molar-refractivity contribution in [3.05, 3.63) is 35.9 Å². The predicted octanol–water partition coefficient (Wildman–Crippen LogP) is 0.785. The van der Waals surface area contributed by atoms with Gasteiger partial charge in [0.2, 0.25) is 0 Å². The molecule has 0 radical (unpaired) electrons. The van der Waals surface area contributed by atoms with Gasteiger partial charge in [-0.2, -0.15) is 0 Å². The molecule has 0 aliphatic heterocycles. The van der Waals surface area contributed by atoms with E-state index in [1.807, 2.05) is 18.2 Å². The van der Waals surface area contributed by atoms with Crippen LogP contribution in [0.5, 0.6) is 0 Å². The van der Waals surface area contributed by atoms with Gasteiger partial charge in [0.05, 0.1) is 0 Å². The first-order chi connectivity index (χ1) is 7.13. The van der Waals surface area contributed by atoms with Crippen LogP contribution in [0.4, 0.5) is 0 Å². The fourth-order valence-electron chi connectivity index (χ4n) is 0.534. The van der Waals surface area contributed by atoms with Gasteiger partial charge in [-0.15, -0.1) is 12.6 Å². The van der Waals surface area contributed by atoms with Gasteiger partial charge in [-0.3, -0.25) is 4.57 Å². The Morgan fingerprint density at radius 3 is 1.44 bits per heavy atom. The second-order valence-electron chi connectivity index (χ2n) is 2.69. The number of aryl methyl sites for hydroxylation is 1. The lowest BCUT2D eigenvalue weighted by Gasteiger charge is -1.84. The molecule has 0 aromatic heterocycles. The third-order valence-electron chi connectivity index (χ3n) is 0.940. The molecule has 0 bridgehead atoms. The van der Waals surface area contributed by atoms with Gasteiger partial charge in [-0.25, -0.2) is 0 Å². The first-order valence-corrected chi connectivity index (χ1v) is 7.00. The summed E-state index contributed by atoms with van der Waals surface area (Å²) in [5.41, 5.74) is 1.32. The Hall–Kier alpha value is -1.01. The SMILES string of the molecule is CP(=O)(O)O.Cc1ccccc1.O=S(=O)=O. The van der Waals surface area contributed by atoms with Gasteiger partial charge in [0.1, 0.15) is 0 Å². The first kappa shape index (κ1) is 17.4. The van der Waals surface area contributed by atoms with E-state index in [0.717, 1.165) is 6.66 Å². The van der Waals surface area contributed by atoms with Crippen molar-refractivity contribution in [2.45, 2.75) is 6.92 Å². The van der Waals surface area contributed by atoms with Crippen LogP contribution in [0.25, 0.3) is 0 Å². The van der Waals surface area contributed by atoms with Crippen LogP contribution in [0, 0.1) is 6.92 Å². The fourth-order valence-corrected chi connectivity index (χ4v) is 0.534. The largest absolute Gasteiger partial charge is 0.425 e. The molecule has 0 heterocycles. The molecular formula is C8H13O6PS. The van der Waals surface area contributed by atoms with Gasteiger partial charge in [-0.1, -0.05) is 35.9 Å². The summed E-state index contributed by atoms with van der Waals surface area (Å²) >= 11 is 0. The zero-order valence-electron chi connectivity index (χ0n) is 8.77. The molecule has 2 N–H and O–H groups in total. The van der Waals surface area contributed by atoms with E-state index in [4.69, 9.17) is 22.4 Å². The van der Waals surface area contributed by atoms with Crippen molar-refractivity contribution in [3.63, 3.8) is 0 Å². The predicted molar refractivity (Wildman–Crippen MR) is 58.8 cm³/mol. The number of hydrogen-bond donors (Lipinski definition) is 2. The lowest BCUT2D eigenvalue weighted by Crippen LogP contribution is -1.64. The highest BCUT2D eigenvalue weighted by Gasteiger charge is 1.95. The van der Waals surface area contributed by atoms with Crippen LogP contribution in [-0.2, 0) is 15.2 Å². The Bertz CT molecular complexity index is 405. The highest BCUT2D eigenvalue weighted by molar-refractivity contribution is 7.59. The summed E-state index contributed by atoms with van der Waals surface area (Å²) in [6.45, 7) is 2.94. The summed E-state index contributed by atoms with van der Waals surface area (Å²) in [7, 11) is -6.75. The Morgan fingerprint density at radius 1 is 1.06 bits per heavy atom. The highest BCUT2D eigenvalue weighted by atomic mass is 32.2. The lowest BCUT2D eigenvalue weighted by atomic mass is 10.2. The second kappa shape index (κ2) is 9.23. The Balaban J connectivity index is 0. The molecule has 8 heteroatoms. The summed E-state index contributed by atoms with van der Waals surface area (Å²) in [6.07, 6.45) is 0. The minimum Gasteiger partial charge on any atom is -0.325 e. The van der Waals surface area contributed by atoms with Crippen molar-refractivity contribution < 1.29 is 27.0 Å². The Labute approximate surface area is 95.2 Å². The maximum atomic E-state index is 9.33. The van der Waals surface area contributed by atoms with Crippen LogP contribution in [-0.4, -0.2) is 29.1 Å². The topological polar surface area (TPSA) is 109 Å². The van der Waals surface area contributed by atoms with Crippen LogP contribution < -0.4 is 0 Å². The van der Waals surface area contributed by atoms with E-state index >= 15 is 0 Å². The van der Waals surface area contributed by atoms with Crippen molar-refractivity contribution in [3.8, 4) is 0 Å². The molecular weight excluding hydrogens is 255 g/mol. The highest BCUT2D eigenvalue weighted by Crippen LogP contribution is 2.26. The fraction of sp³-hybridized carbons (Fsp3) is 0.250. The maximum absolute atomic E-state index is 9.33. The van der Waals surface area contributed by atoms with Crippen LogP contribution in [0.1, 0.15) is 5.56 Å². The average molecular weight is 268 g/mol. The molecule has 0 spiro atoms. The van der Waals surface area contributed by atoms with Crippen LogP contribution in [0.2, 0.25) is 0 Å². The van der Waals surface area contributed by atoms with Crippen molar-refractivity contribution in [2.75, 3.05) is 6.66 Å². The number of hydrogen-bond acceptors (Lipinski definition) is 4. The standard InChI is InChI=1S/C7H8.CH5O3P.O3S/c1-7-5-3-2-4-6-7;1-5(2,3)4;1-4(2)3/h2-6H,1H3;1H3,(H2,2,3,4);.